The van der Waals surface area contributed by atoms with Crippen LogP contribution in [0, 0.1) is 0 Å². The highest BCUT2D eigenvalue weighted by atomic mass is 15.0. The lowest BCUT2D eigenvalue weighted by Gasteiger charge is -2.41. The maximum Gasteiger partial charge on any atom is 0.141 e. The van der Waals surface area contributed by atoms with E-state index < -0.39 is 0 Å². The summed E-state index contributed by atoms with van der Waals surface area (Å²) in [5.41, 5.74) is 2.63. The SMILES string of the molecule is CNc1cc(C2CC2)nc(C2(c3ccccc3)CCC2)n1. The third kappa shape index (κ3) is 2.11. The Kier molecular flexibility index (Phi) is 2.95. The zero-order valence-corrected chi connectivity index (χ0v) is 12.5. The van der Waals surface area contributed by atoms with E-state index in [0.717, 1.165) is 24.5 Å². The molecular weight excluding hydrogens is 258 g/mol. The molecule has 21 heavy (non-hydrogen) atoms. The number of benzene rings is 1. The van der Waals surface area contributed by atoms with Crippen LogP contribution in [0.3, 0.4) is 0 Å². The average molecular weight is 279 g/mol. The van der Waals surface area contributed by atoms with Crippen molar-refractivity contribution in [1.29, 1.82) is 0 Å². The summed E-state index contributed by atoms with van der Waals surface area (Å²) in [6.45, 7) is 0. The molecule has 0 saturated heterocycles. The van der Waals surface area contributed by atoms with Crippen LogP contribution in [0.1, 0.15) is 55.1 Å². The minimum Gasteiger partial charge on any atom is -0.373 e. The average Bonchev–Trinajstić information content (AvgIpc) is 3.32. The van der Waals surface area contributed by atoms with Gasteiger partial charge in [-0.3, -0.25) is 0 Å². The monoisotopic (exact) mass is 279 g/mol. The Morgan fingerprint density at radius 1 is 1.10 bits per heavy atom. The Hall–Kier alpha value is -1.90. The van der Waals surface area contributed by atoms with Gasteiger partial charge >= 0.3 is 0 Å². The van der Waals surface area contributed by atoms with Crippen molar-refractivity contribution in [3.8, 4) is 0 Å². The molecule has 3 heteroatoms. The molecule has 1 aromatic carbocycles. The summed E-state index contributed by atoms with van der Waals surface area (Å²) in [5, 5.41) is 3.21. The van der Waals surface area contributed by atoms with Crippen molar-refractivity contribution < 1.29 is 0 Å². The predicted octanol–water partition coefficient (Wildman–Crippen LogP) is 3.87. The molecule has 0 amide bonds. The second kappa shape index (κ2) is 4.83. The van der Waals surface area contributed by atoms with Gasteiger partial charge in [-0.2, -0.15) is 0 Å². The fourth-order valence-corrected chi connectivity index (χ4v) is 3.33. The molecular formula is C18H21N3. The summed E-state index contributed by atoms with van der Waals surface area (Å²) in [6, 6.07) is 12.9. The number of hydrogen-bond acceptors (Lipinski definition) is 3. The Balaban J connectivity index is 1.82. The van der Waals surface area contributed by atoms with Crippen LogP contribution in [0.15, 0.2) is 36.4 Å². The van der Waals surface area contributed by atoms with E-state index in [4.69, 9.17) is 9.97 Å². The molecule has 2 aliphatic rings. The van der Waals surface area contributed by atoms with Gasteiger partial charge in [-0.25, -0.2) is 9.97 Å². The van der Waals surface area contributed by atoms with Crippen LogP contribution in [0.2, 0.25) is 0 Å². The summed E-state index contributed by atoms with van der Waals surface area (Å²) in [6.07, 6.45) is 6.14. The van der Waals surface area contributed by atoms with Gasteiger partial charge in [0.15, 0.2) is 0 Å². The maximum atomic E-state index is 4.96. The van der Waals surface area contributed by atoms with E-state index in [1.807, 2.05) is 7.05 Å². The molecule has 4 rings (SSSR count). The topological polar surface area (TPSA) is 37.8 Å². The smallest absolute Gasteiger partial charge is 0.141 e. The lowest BCUT2D eigenvalue weighted by atomic mass is 9.64. The van der Waals surface area contributed by atoms with Gasteiger partial charge in [-0.1, -0.05) is 36.8 Å². The summed E-state index contributed by atoms with van der Waals surface area (Å²) in [5.74, 6) is 2.64. The van der Waals surface area contributed by atoms with Gasteiger partial charge in [0.2, 0.25) is 0 Å². The lowest BCUT2D eigenvalue weighted by molar-refractivity contribution is 0.284. The van der Waals surface area contributed by atoms with Crippen molar-refractivity contribution in [3.05, 3.63) is 53.5 Å². The molecule has 1 aromatic heterocycles. The summed E-state index contributed by atoms with van der Waals surface area (Å²) < 4.78 is 0. The van der Waals surface area contributed by atoms with E-state index in [0.29, 0.717) is 5.92 Å². The van der Waals surface area contributed by atoms with Crippen molar-refractivity contribution in [1.82, 2.24) is 9.97 Å². The van der Waals surface area contributed by atoms with Crippen molar-refractivity contribution in [2.24, 2.45) is 0 Å². The Morgan fingerprint density at radius 2 is 1.86 bits per heavy atom. The zero-order chi connectivity index (χ0) is 14.3. The molecule has 0 aliphatic heterocycles. The molecule has 2 saturated carbocycles. The van der Waals surface area contributed by atoms with Gasteiger partial charge in [0.05, 0.1) is 5.41 Å². The van der Waals surface area contributed by atoms with Crippen molar-refractivity contribution in [3.63, 3.8) is 0 Å². The van der Waals surface area contributed by atoms with Crippen LogP contribution in [0.4, 0.5) is 5.82 Å². The number of hydrogen-bond donors (Lipinski definition) is 1. The van der Waals surface area contributed by atoms with Gasteiger partial charge in [-0.05, 0) is 31.2 Å². The third-order valence-electron chi connectivity index (χ3n) is 4.96. The Labute approximate surface area is 125 Å². The summed E-state index contributed by atoms with van der Waals surface area (Å²) in [7, 11) is 1.94. The number of anilines is 1. The van der Waals surface area contributed by atoms with Crippen molar-refractivity contribution >= 4 is 5.82 Å². The molecule has 108 valence electrons. The highest BCUT2D eigenvalue weighted by Crippen LogP contribution is 2.49. The predicted molar refractivity (Wildman–Crippen MR) is 84.6 cm³/mol. The third-order valence-corrected chi connectivity index (χ3v) is 4.96. The molecule has 2 aromatic rings. The maximum absolute atomic E-state index is 4.96. The first-order chi connectivity index (χ1) is 10.3. The number of aromatic nitrogens is 2. The highest BCUT2D eigenvalue weighted by molar-refractivity contribution is 5.43. The zero-order valence-electron chi connectivity index (χ0n) is 12.5. The second-order valence-corrected chi connectivity index (χ2v) is 6.33. The van der Waals surface area contributed by atoms with E-state index in [1.165, 1.54) is 30.5 Å². The first kappa shape index (κ1) is 12.8. The van der Waals surface area contributed by atoms with Crippen LogP contribution in [0.25, 0.3) is 0 Å². The molecule has 2 aliphatic carbocycles. The molecule has 0 atom stereocenters. The molecule has 0 radical (unpaired) electrons. The molecule has 1 heterocycles. The molecule has 0 spiro atoms. The van der Waals surface area contributed by atoms with Gasteiger partial charge in [0.25, 0.3) is 0 Å². The second-order valence-electron chi connectivity index (χ2n) is 6.33. The van der Waals surface area contributed by atoms with E-state index in [-0.39, 0.29) is 5.41 Å². The Bertz CT molecular complexity index is 643. The summed E-state index contributed by atoms with van der Waals surface area (Å²) >= 11 is 0. The van der Waals surface area contributed by atoms with E-state index >= 15 is 0 Å². The first-order valence-electron chi connectivity index (χ1n) is 7.94. The normalized spacial score (nSPS) is 19.9. The van der Waals surface area contributed by atoms with Gasteiger partial charge in [-0.15, -0.1) is 0 Å². The minimum atomic E-state index is 0.0394. The number of rotatable bonds is 4. The van der Waals surface area contributed by atoms with Crippen LogP contribution >= 0.6 is 0 Å². The molecule has 0 bridgehead atoms. The molecule has 2 fully saturated rings. The van der Waals surface area contributed by atoms with Crippen LogP contribution in [-0.2, 0) is 5.41 Å². The summed E-state index contributed by atoms with van der Waals surface area (Å²) in [4.78, 5) is 9.77. The molecule has 3 nitrogen and oxygen atoms in total. The standard InChI is InChI=1S/C18H21N3/c1-19-16-12-15(13-8-9-13)20-17(21-16)18(10-5-11-18)14-6-3-2-4-7-14/h2-4,6-7,12-13H,5,8-11H2,1H3,(H,19,20,21). The number of nitrogens with one attached hydrogen (secondary N) is 1. The Morgan fingerprint density at radius 3 is 2.43 bits per heavy atom. The highest BCUT2D eigenvalue weighted by Gasteiger charge is 2.43. The first-order valence-corrected chi connectivity index (χ1v) is 7.94. The van der Waals surface area contributed by atoms with Crippen LogP contribution in [-0.4, -0.2) is 17.0 Å². The lowest BCUT2D eigenvalue weighted by Crippen LogP contribution is -2.37. The largest absolute Gasteiger partial charge is 0.373 e. The van der Waals surface area contributed by atoms with Gasteiger partial charge < -0.3 is 5.32 Å². The van der Waals surface area contributed by atoms with Gasteiger partial charge in [0, 0.05) is 24.7 Å². The molecule has 1 N–H and O–H groups in total. The van der Waals surface area contributed by atoms with Gasteiger partial charge in [0.1, 0.15) is 11.6 Å². The van der Waals surface area contributed by atoms with E-state index in [1.54, 1.807) is 0 Å². The minimum absolute atomic E-state index is 0.0394. The fourth-order valence-electron chi connectivity index (χ4n) is 3.33. The van der Waals surface area contributed by atoms with E-state index in [2.05, 4.69) is 41.7 Å². The van der Waals surface area contributed by atoms with Crippen LogP contribution < -0.4 is 5.32 Å². The number of nitrogens with zero attached hydrogens (tertiary/aromatic N) is 2. The van der Waals surface area contributed by atoms with Crippen LogP contribution in [0.5, 0.6) is 0 Å². The molecule has 0 unspecified atom stereocenters. The van der Waals surface area contributed by atoms with Crippen molar-refractivity contribution in [2.75, 3.05) is 12.4 Å². The fraction of sp³-hybridized carbons (Fsp3) is 0.444. The quantitative estimate of drug-likeness (QED) is 0.923. The van der Waals surface area contributed by atoms with Crippen molar-refractivity contribution in [2.45, 2.75) is 43.4 Å². The van der Waals surface area contributed by atoms with E-state index in [9.17, 15) is 0 Å².